The third-order valence-corrected chi connectivity index (χ3v) is 6.17. The number of ketones is 1. The van der Waals surface area contributed by atoms with Gasteiger partial charge in [0.15, 0.2) is 11.4 Å². The molecule has 1 radical (unpaired) electrons. The summed E-state index contributed by atoms with van der Waals surface area (Å²) >= 11 is 7.58. The lowest BCUT2D eigenvalue weighted by Gasteiger charge is -2.23. The van der Waals surface area contributed by atoms with Crippen molar-refractivity contribution in [1.29, 1.82) is 0 Å². The van der Waals surface area contributed by atoms with Crippen LogP contribution in [0.4, 0.5) is 5.69 Å². The van der Waals surface area contributed by atoms with Gasteiger partial charge in [-0.15, -0.1) is 11.3 Å². The number of thiophene rings is 1. The molecule has 1 N–H and O–H groups in total. The van der Waals surface area contributed by atoms with E-state index in [0.717, 1.165) is 11.1 Å². The van der Waals surface area contributed by atoms with Gasteiger partial charge in [-0.3, -0.25) is 9.59 Å². The second kappa shape index (κ2) is 7.17. The molecule has 1 aromatic heterocycles. The first-order valence-electron chi connectivity index (χ1n) is 8.71. The zero-order valence-corrected chi connectivity index (χ0v) is 16.5. The van der Waals surface area contributed by atoms with Crippen molar-refractivity contribution in [1.82, 2.24) is 0 Å². The number of carbonyl (C=O) groups is 2. The highest BCUT2D eigenvalue weighted by Gasteiger charge is 2.50. The lowest BCUT2D eigenvalue weighted by molar-refractivity contribution is -0.136. The number of anilines is 1. The van der Waals surface area contributed by atoms with Gasteiger partial charge in [0.25, 0.3) is 5.91 Å². The largest absolute Gasteiger partial charge is 0.375 e. The normalized spacial score (nSPS) is 18.4. The SMILES string of the molecule is [CH2]c1ccc(Cl)c(CN2C(=O)C(O)(CC(=O)c3cccs3)c3ccccc32)c1. The van der Waals surface area contributed by atoms with Crippen LogP contribution in [0.3, 0.4) is 0 Å². The number of Topliss-reactive ketones (excluding diaryl/α,β-unsaturated/α-hetero) is 1. The highest BCUT2D eigenvalue weighted by atomic mass is 35.5. The van der Waals surface area contributed by atoms with Crippen molar-refractivity contribution in [2.75, 3.05) is 4.90 Å². The Morgan fingerprint density at radius 2 is 1.96 bits per heavy atom. The zero-order valence-electron chi connectivity index (χ0n) is 14.9. The molecule has 0 spiro atoms. The summed E-state index contributed by atoms with van der Waals surface area (Å²) in [5.41, 5.74) is 0.631. The molecule has 6 heteroatoms. The molecule has 1 amide bonds. The van der Waals surface area contributed by atoms with Crippen LogP contribution in [0.25, 0.3) is 0 Å². The number of hydrogen-bond donors (Lipinski definition) is 1. The fraction of sp³-hybridized carbons (Fsp3) is 0.136. The van der Waals surface area contributed by atoms with Crippen LogP contribution in [-0.4, -0.2) is 16.8 Å². The molecule has 2 aromatic carbocycles. The fourth-order valence-electron chi connectivity index (χ4n) is 3.51. The van der Waals surface area contributed by atoms with Crippen LogP contribution in [0, 0.1) is 6.92 Å². The first-order chi connectivity index (χ1) is 13.4. The Morgan fingerprint density at radius 3 is 2.71 bits per heavy atom. The number of para-hydroxylation sites is 1. The number of carbonyl (C=O) groups excluding carboxylic acids is 2. The van der Waals surface area contributed by atoms with E-state index in [1.165, 1.54) is 16.2 Å². The predicted octanol–water partition coefficient (Wildman–Crippen LogP) is 4.59. The van der Waals surface area contributed by atoms with Gasteiger partial charge in [-0.1, -0.05) is 48.0 Å². The summed E-state index contributed by atoms with van der Waals surface area (Å²) in [7, 11) is 0. The molecule has 1 aliphatic heterocycles. The van der Waals surface area contributed by atoms with E-state index >= 15 is 0 Å². The molecule has 2 heterocycles. The van der Waals surface area contributed by atoms with Crippen molar-refractivity contribution in [3.63, 3.8) is 0 Å². The van der Waals surface area contributed by atoms with Crippen LogP contribution < -0.4 is 4.90 Å². The van der Waals surface area contributed by atoms with Gasteiger partial charge in [0.2, 0.25) is 0 Å². The van der Waals surface area contributed by atoms with Crippen LogP contribution in [0.2, 0.25) is 5.02 Å². The van der Waals surface area contributed by atoms with Crippen molar-refractivity contribution in [2.45, 2.75) is 18.6 Å². The van der Waals surface area contributed by atoms with Gasteiger partial charge >= 0.3 is 0 Å². The predicted molar refractivity (Wildman–Crippen MR) is 111 cm³/mol. The van der Waals surface area contributed by atoms with E-state index in [1.807, 2.05) is 6.07 Å². The van der Waals surface area contributed by atoms with Gasteiger partial charge < -0.3 is 10.0 Å². The van der Waals surface area contributed by atoms with E-state index in [9.17, 15) is 14.7 Å². The second-order valence-electron chi connectivity index (χ2n) is 6.77. The highest BCUT2D eigenvalue weighted by molar-refractivity contribution is 7.12. The summed E-state index contributed by atoms with van der Waals surface area (Å²) in [5.74, 6) is -0.788. The first-order valence-corrected chi connectivity index (χ1v) is 9.97. The lowest BCUT2D eigenvalue weighted by atomic mass is 9.89. The molecule has 0 saturated heterocycles. The van der Waals surface area contributed by atoms with E-state index in [0.29, 0.717) is 21.2 Å². The fourth-order valence-corrected chi connectivity index (χ4v) is 4.35. The molecule has 4 nitrogen and oxygen atoms in total. The molecule has 0 bridgehead atoms. The minimum atomic E-state index is -1.90. The van der Waals surface area contributed by atoms with Gasteiger partial charge in [-0.2, -0.15) is 0 Å². The van der Waals surface area contributed by atoms with Gasteiger partial charge in [0.1, 0.15) is 0 Å². The van der Waals surface area contributed by atoms with Gasteiger partial charge in [0.05, 0.1) is 23.5 Å². The average molecular weight is 411 g/mol. The summed E-state index contributed by atoms with van der Waals surface area (Å²) in [6.45, 7) is 4.09. The number of halogens is 1. The third-order valence-electron chi connectivity index (χ3n) is 4.89. The molecule has 1 atom stereocenters. The monoisotopic (exact) mass is 410 g/mol. The smallest absolute Gasteiger partial charge is 0.264 e. The number of rotatable bonds is 5. The number of fused-ring (bicyclic) bond motifs is 1. The Kier molecular flexibility index (Phi) is 4.83. The maximum atomic E-state index is 13.3. The summed E-state index contributed by atoms with van der Waals surface area (Å²) in [4.78, 5) is 27.9. The zero-order chi connectivity index (χ0) is 19.9. The molecule has 28 heavy (non-hydrogen) atoms. The summed E-state index contributed by atoms with van der Waals surface area (Å²) in [6.07, 6.45) is -0.303. The molecule has 3 aromatic rings. The molecule has 0 fully saturated rings. The van der Waals surface area contributed by atoms with E-state index in [1.54, 1.807) is 53.9 Å². The summed E-state index contributed by atoms with van der Waals surface area (Å²) in [6, 6.07) is 15.8. The Labute approximate surface area is 172 Å². The highest BCUT2D eigenvalue weighted by Crippen LogP contribution is 2.44. The maximum Gasteiger partial charge on any atom is 0.264 e. The Balaban J connectivity index is 1.71. The number of nitrogens with zero attached hydrogens (tertiary/aromatic N) is 1. The summed E-state index contributed by atoms with van der Waals surface area (Å²) < 4.78 is 0. The molecule has 0 aliphatic carbocycles. The van der Waals surface area contributed by atoms with E-state index in [4.69, 9.17) is 11.6 Å². The van der Waals surface area contributed by atoms with Crippen molar-refractivity contribution in [3.05, 3.63) is 93.5 Å². The summed E-state index contributed by atoms with van der Waals surface area (Å²) in [5, 5.41) is 13.6. The topological polar surface area (TPSA) is 57.6 Å². The molecule has 141 valence electrons. The van der Waals surface area contributed by atoms with Crippen molar-refractivity contribution in [2.24, 2.45) is 0 Å². The van der Waals surface area contributed by atoms with Gasteiger partial charge in [0, 0.05) is 10.6 Å². The molecule has 1 unspecified atom stereocenters. The van der Waals surface area contributed by atoms with Crippen LogP contribution >= 0.6 is 22.9 Å². The minimum absolute atomic E-state index is 0.188. The first kappa shape index (κ1) is 18.9. The Hall–Kier alpha value is -2.47. The van der Waals surface area contributed by atoms with Gasteiger partial charge in [-0.25, -0.2) is 0 Å². The Bertz CT molecular complexity index is 1060. The number of amides is 1. The number of benzene rings is 2. The standard InChI is InChI=1S/C22H17ClNO3S/c1-14-8-9-17(23)15(11-14)13-24-18-6-3-2-5-16(18)22(27,21(24)26)12-19(25)20-7-4-10-28-20/h2-11,27H,1,12-13H2. The molecule has 1 aliphatic rings. The minimum Gasteiger partial charge on any atom is -0.375 e. The number of hydrogen-bond acceptors (Lipinski definition) is 4. The van der Waals surface area contributed by atoms with Crippen LogP contribution in [0.15, 0.2) is 60.0 Å². The average Bonchev–Trinajstić information content (AvgIpc) is 3.28. The van der Waals surface area contributed by atoms with Crippen LogP contribution in [-0.2, 0) is 16.9 Å². The van der Waals surface area contributed by atoms with Crippen molar-refractivity contribution in [3.8, 4) is 0 Å². The second-order valence-corrected chi connectivity index (χ2v) is 8.13. The molecular formula is C22H17ClNO3S. The lowest BCUT2D eigenvalue weighted by Crippen LogP contribution is -2.41. The molecule has 4 rings (SSSR count). The van der Waals surface area contributed by atoms with Crippen molar-refractivity contribution >= 4 is 40.3 Å². The Morgan fingerprint density at radius 1 is 1.18 bits per heavy atom. The van der Waals surface area contributed by atoms with E-state index < -0.39 is 11.5 Å². The molecular weight excluding hydrogens is 394 g/mol. The van der Waals surface area contributed by atoms with Crippen molar-refractivity contribution < 1.29 is 14.7 Å². The number of aliphatic hydroxyl groups is 1. The maximum absolute atomic E-state index is 13.3. The van der Waals surface area contributed by atoms with Gasteiger partial charge in [-0.05, 0) is 41.6 Å². The van der Waals surface area contributed by atoms with Crippen LogP contribution in [0.5, 0.6) is 0 Å². The molecule has 0 saturated carbocycles. The third kappa shape index (κ3) is 3.15. The van der Waals surface area contributed by atoms with E-state index in [-0.39, 0.29) is 18.7 Å². The van der Waals surface area contributed by atoms with E-state index in [2.05, 4.69) is 6.92 Å². The quantitative estimate of drug-likeness (QED) is 0.626. The van der Waals surface area contributed by atoms with Crippen LogP contribution in [0.1, 0.15) is 32.8 Å².